The summed E-state index contributed by atoms with van der Waals surface area (Å²) in [6.07, 6.45) is 0. The van der Waals surface area contributed by atoms with Gasteiger partial charge in [0.2, 0.25) is 0 Å². The Kier molecular flexibility index (Phi) is 3.43. The molecule has 0 spiro atoms. The molecule has 17 heavy (non-hydrogen) atoms. The average molecular weight is 237 g/mol. The summed E-state index contributed by atoms with van der Waals surface area (Å²) in [5, 5.41) is 0. The van der Waals surface area contributed by atoms with E-state index in [2.05, 4.69) is 4.90 Å². The van der Waals surface area contributed by atoms with E-state index in [4.69, 9.17) is 4.74 Å². The van der Waals surface area contributed by atoms with Crippen LogP contribution in [0.4, 0.5) is 4.39 Å². The van der Waals surface area contributed by atoms with E-state index in [1.165, 1.54) is 19.2 Å². The van der Waals surface area contributed by atoms with Crippen molar-refractivity contribution in [2.75, 3.05) is 27.2 Å². The van der Waals surface area contributed by atoms with Crippen LogP contribution in [-0.2, 0) is 9.53 Å². The second kappa shape index (κ2) is 4.84. The maximum atomic E-state index is 13.2. The number of ether oxygens (including phenoxy) is 1. The van der Waals surface area contributed by atoms with Crippen molar-refractivity contribution in [1.29, 1.82) is 0 Å². The minimum absolute atomic E-state index is 0.0168. The summed E-state index contributed by atoms with van der Waals surface area (Å²) < 4.78 is 18.0. The van der Waals surface area contributed by atoms with E-state index >= 15 is 0 Å². The van der Waals surface area contributed by atoms with Crippen LogP contribution in [0.15, 0.2) is 24.3 Å². The molecule has 2 atom stereocenters. The number of likely N-dealkylation sites (N-methyl/N-ethyl adjacent to an activating group) is 1. The molecule has 1 aromatic carbocycles. The molecule has 1 aliphatic rings. The first-order chi connectivity index (χ1) is 8.11. The van der Waals surface area contributed by atoms with Gasteiger partial charge >= 0.3 is 5.97 Å². The lowest BCUT2D eigenvalue weighted by atomic mass is 9.89. The summed E-state index contributed by atoms with van der Waals surface area (Å²) >= 11 is 0. The fourth-order valence-corrected chi connectivity index (χ4v) is 2.47. The lowest BCUT2D eigenvalue weighted by Crippen LogP contribution is -2.23. The van der Waals surface area contributed by atoms with Crippen LogP contribution in [0, 0.1) is 11.7 Å². The Hall–Kier alpha value is -1.42. The van der Waals surface area contributed by atoms with Crippen LogP contribution >= 0.6 is 0 Å². The minimum atomic E-state index is -0.263. The number of carbonyl (C=O) groups is 1. The molecule has 0 amide bonds. The van der Waals surface area contributed by atoms with Gasteiger partial charge in [-0.3, -0.25) is 4.79 Å². The van der Waals surface area contributed by atoms with Crippen molar-refractivity contribution in [2.45, 2.75) is 5.92 Å². The van der Waals surface area contributed by atoms with Crippen LogP contribution < -0.4 is 0 Å². The van der Waals surface area contributed by atoms with Crippen LogP contribution in [0.1, 0.15) is 11.5 Å². The van der Waals surface area contributed by atoms with Crippen LogP contribution in [0.3, 0.4) is 0 Å². The van der Waals surface area contributed by atoms with Crippen molar-refractivity contribution < 1.29 is 13.9 Å². The summed E-state index contributed by atoms with van der Waals surface area (Å²) in [5.74, 6) is -0.667. The molecule has 0 radical (unpaired) electrons. The zero-order valence-corrected chi connectivity index (χ0v) is 10.0. The predicted molar refractivity (Wildman–Crippen MR) is 62.1 cm³/mol. The highest BCUT2D eigenvalue weighted by Crippen LogP contribution is 2.32. The van der Waals surface area contributed by atoms with Crippen molar-refractivity contribution in [3.63, 3.8) is 0 Å². The molecule has 0 saturated carbocycles. The monoisotopic (exact) mass is 237 g/mol. The summed E-state index contributed by atoms with van der Waals surface area (Å²) in [5.41, 5.74) is 0.866. The van der Waals surface area contributed by atoms with E-state index in [0.717, 1.165) is 12.1 Å². The molecule has 0 N–H and O–H groups in total. The lowest BCUT2D eigenvalue weighted by molar-refractivity contribution is -0.145. The molecule has 1 saturated heterocycles. The molecular formula is C13H16FNO2. The normalized spacial score (nSPS) is 24.9. The minimum Gasteiger partial charge on any atom is -0.469 e. The molecule has 2 rings (SSSR count). The number of benzene rings is 1. The van der Waals surface area contributed by atoms with E-state index < -0.39 is 0 Å². The Balaban J connectivity index is 2.26. The maximum absolute atomic E-state index is 13.2. The fraction of sp³-hybridized carbons (Fsp3) is 0.462. The van der Waals surface area contributed by atoms with Crippen LogP contribution in [0.2, 0.25) is 0 Å². The Bertz CT molecular complexity index is 422. The summed E-state index contributed by atoms with van der Waals surface area (Å²) in [7, 11) is 3.35. The Labute approximate surface area is 100 Å². The van der Waals surface area contributed by atoms with Gasteiger partial charge in [0.1, 0.15) is 5.82 Å². The number of halogens is 1. The van der Waals surface area contributed by atoms with Gasteiger partial charge in [-0.25, -0.2) is 4.39 Å². The maximum Gasteiger partial charge on any atom is 0.310 e. The van der Waals surface area contributed by atoms with Crippen molar-refractivity contribution in [3.8, 4) is 0 Å². The molecule has 1 fully saturated rings. The number of esters is 1. The molecule has 3 nitrogen and oxygen atoms in total. The Morgan fingerprint density at radius 2 is 2.24 bits per heavy atom. The molecule has 1 aromatic rings. The Morgan fingerprint density at radius 1 is 1.47 bits per heavy atom. The molecule has 0 aliphatic carbocycles. The van der Waals surface area contributed by atoms with Gasteiger partial charge in [0.15, 0.2) is 0 Å². The average Bonchev–Trinajstić information content (AvgIpc) is 2.70. The van der Waals surface area contributed by atoms with Crippen molar-refractivity contribution in [3.05, 3.63) is 35.6 Å². The van der Waals surface area contributed by atoms with Gasteiger partial charge in [0.25, 0.3) is 0 Å². The number of nitrogens with zero attached hydrogens (tertiary/aromatic N) is 1. The van der Waals surface area contributed by atoms with Crippen LogP contribution in [0.5, 0.6) is 0 Å². The second-order valence-electron chi connectivity index (χ2n) is 4.51. The van der Waals surface area contributed by atoms with Crippen molar-refractivity contribution in [1.82, 2.24) is 4.90 Å². The van der Waals surface area contributed by atoms with E-state index in [1.54, 1.807) is 6.07 Å². The standard InChI is InChI=1S/C13H16FNO2/c1-15-7-11(12(8-15)13(16)17-2)9-4-3-5-10(14)6-9/h3-6,11-12H,7-8H2,1-2H3/t11-,12-/m0/s1. The number of hydrogen-bond acceptors (Lipinski definition) is 3. The van der Waals surface area contributed by atoms with Crippen LogP contribution in [0.25, 0.3) is 0 Å². The molecule has 92 valence electrons. The van der Waals surface area contributed by atoms with Gasteiger partial charge in [-0.15, -0.1) is 0 Å². The summed E-state index contributed by atoms with van der Waals surface area (Å²) in [6, 6.07) is 6.45. The Morgan fingerprint density at radius 3 is 2.88 bits per heavy atom. The van der Waals surface area contributed by atoms with E-state index in [-0.39, 0.29) is 23.6 Å². The van der Waals surface area contributed by atoms with Gasteiger partial charge in [0.05, 0.1) is 13.0 Å². The van der Waals surface area contributed by atoms with Crippen molar-refractivity contribution in [2.24, 2.45) is 5.92 Å². The largest absolute Gasteiger partial charge is 0.469 e. The smallest absolute Gasteiger partial charge is 0.310 e. The predicted octanol–water partition coefficient (Wildman–Crippen LogP) is 1.64. The number of methoxy groups -OCH3 is 1. The number of rotatable bonds is 2. The third-order valence-electron chi connectivity index (χ3n) is 3.28. The summed E-state index contributed by atoms with van der Waals surface area (Å²) in [6.45, 7) is 1.41. The highest BCUT2D eigenvalue weighted by molar-refractivity contribution is 5.74. The zero-order valence-electron chi connectivity index (χ0n) is 10.0. The van der Waals surface area contributed by atoms with E-state index in [0.29, 0.717) is 6.54 Å². The first kappa shape index (κ1) is 12.0. The van der Waals surface area contributed by atoms with E-state index in [1.807, 2.05) is 13.1 Å². The lowest BCUT2D eigenvalue weighted by Gasteiger charge is -2.16. The molecule has 4 heteroatoms. The van der Waals surface area contributed by atoms with Crippen LogP contribution in [-0.4, -0.2) is 38.1 Å². The quantitative estimate of drug-likeness (QED) is 0.732. The third-order valence-corrected chi connectivity index (χ3v) is 3.28. The molecular weight excluding hydrogens is 221 g/mol. The first-order valence-corrected chi connectivity index (χ1v) is 5.63. The molecule has 0 aromatic heterocycles. The molecule has 1 aliphatic heterocycles. The second-order valence-corrected chi connectivity index (χ2v) is 4.51. The molecule has 0 unspecified atom stereocenters. The van der Waals surface area contributed by atoms with Gasteiger partial charge < -0.3 is 9.64 Å². The molecule has 1 heterocycles. The third kappa shape index (κ3) is 2.47. The van der Waals surface area contributed by atoms with Gasteiger partial charge in [-0.1, -0.05) is 12.1 Å². The zero-order chi connectivity index (χ0) is 12.4. The number of carbonyl (C=O) groups excluding carboxylic acids is 1. The highest BCUT2D eigenvalue weighted by atomic mass is 19.1. The van der Waals surface area contributed by atoms with Gasteiger partial charge in [0, 0.05) is 19.0 Å². The molecule has 0 bridgehead atoms. The summed E-state index contributed by atoms with van der Waals surface area (Å²) in [4.78, 5) is 13.8. The topological polar surface area (TPSA) is 29.5 Å². The first-order valence-electron chi connectivity index (χ1n) is 5.63. The van der Waals surface area contributed by atoms with E-state index in [9.17, 15) is 9.18 Å². The van der Waals surface area contributed by atoms with Crippen molar-refractivity contribution >= 4 is 5.97 Å². The fourth-order valence-electron chi connectivity index (χ4n) is 2.47. The highest BCUT2D eigenvalue weighted by Gasteiger charge is 2.37. The SMILES string of the molecule is COC(=O)[C@H]1CN(C)C[C@H]1c1cccc(F)c1. The van der Waals surface area contributed by atoms with Gasteiger partial charge in [-0.2, -0.15) is 0 Å². The van der Waals surface area contributed by atoms with Gasteiger partial charge in [-0.05, 0) is 24.7 Å². The number of likely N-dealkylation sites (tertiary alicyclic amines) is 1. The number of hydrogen-bond donors (Lipinski definition) is 0.